The summed E-state index contributed by atoms with van der Waals surface area (Å²) in [4.78, 5) is 17.9. The molecule has 1 amide bonds. The molecule has 134 valence electrons. The molecule has 0 aliphatic heterocycles. The van der Waals surface area contributed by atoms with Gasteiger partial charge in [-0.25, -0.2) is 4.98 Å². The molecule has 0 saturated carbocycles. The normalized spacial score (nSPS) is 10.9. The van der Waals surface area contributed by atoms with Gasteiger partial charge in [0.05, 0.1) is 28.0 Å². The SMILES string of the molecule is Cc1nn(C)c2nc(-c3ccccc3)cc(C(=O)Nc3ccccc3Br)c12. The van der Waals surface area contributed by atoms with E-state index in [0.29, 0.717) is 11.2 Å². The molecule has 0 aliphatic rings. The van der Waals surface area contributed by atoms with E-state index in [1.165, 1.54) is 0 Å². The lowest BCUT2D eigenvalue weighted by Crippen LogP contribution is -2.13. The van der Waals surface area contributed by atoms with Crippen molar-refractivity contribution in [2.75, 3.05) is 5.32 Å². The van der Waals surface area contributed by atoms with Gasteiger partial charge in [-0.3, -0.25) is 9.48 Å². The first-order valence-corrected chi connectivity index (χ1v) is 9.29. The second kappa shape index (κ2) is 6.96. The van der Waals surface area contributed by atoms with E-state index in [-0.39, 0.29) is 5.91 Å². The molecule has 0 unspecified atom stereocenters. The number of nitrogens with one attached hydrogen (secondary N) is 1. The largest absolute Gasteiger partial charge is 0.321 e. The third-order valence-corrected chi connectivity index (χ3v) is 5.10. The number of nitrogens with zero attached hydrogens (tertiary/aromatic N) is 3. The summed E-state index contributed by atoms with van der Waals surface area (Å²) in [6.07, 6.45) is 0. The molecule has 2 aromatic heterocycles. The zero-order chi connectivity index (χ0) is 19.0. The van der Waals surface area contributed by atoms with Crippen molar-refractivity contribution >= 4 is 38.6 Å². The number of aryl methyl sites for hydroxylation is 2. The second-order valence-corrected chi connectivity index (χ2v) is 7.12. The van der Waals surface area contributed by atoms with Crippen molar-refractivity contribution in [1.29, 1.82) is 0 Å². The number of aromatic nitrogens is 3. The summed E-state index contributed by atoms with van der Waals surface area (Å²) in [7, 11) is 1.84. The van der Waals surface area contributed by atoms with E-state index in [0.717, 1.165) is 32.5 Å². The van der Waals surface area contributed by atoms with Gasteiger partial charge in [0.25, 0.3) is 5.91 Å². The highest BCUT2D eigenvalue weighted by atomic mass is 79.9. The molecule has 2 aromatic carbocycles. The molecule has 4 aromatic rings. The summed E-state index contributed by atoms with van der Waals surface area (Å²) in [5.41, 5.74) is 4.43. The predicted molar refractivity (Wildman–Crippen MR) is 111 cm³/mol. The van der Waals surface area contributed by atoms with Crippen LogP contribution in [-0.4, -0.2) is 20.7 Å². The predicted octanol–water partition coefficient (Wildman–Crippen LogP) is 4.96. The van der Waals surface area contributed by atoms with Crippen molar-refractivity contribution in [2.24, 2.45) is 7.05 Å². The third kappa shape index (κ3) is 3.24. The lowest BCUT2D eigenvalue weighted by atomic mass is 10.0. The van der Waals surface area contributed by atoms with E-state index in [9.17, 15) is 4.79 Å². The maximum Gasteiger partial charge on any atom is 0.256 e. The standard InChI is InChI=1S/C21H17BrN4O/c1-13-19-15(21(27)24-17-11-7-6-10-16(17)22)12-18(14-8-4-3-5-9-14)23-20(19)26(2)25-13/h3-12H,1-2H3,(H,24,27). The van der Waals surface area contributed by atoms with Gasteiger partial charge >= 0.3 is 0 Å². The van der Waals surface area contributed by atoms with Gasteiger partial charge in [-0.2, -0.15) is 5.10 Å². The summed E-state index contributed by atoms with van der Waals surface area (Å²) in [5, 5.41) is 8.21. The number of benzene rings is 2. The first-order valence-electron chi connectivity index (χ1n) is 8.50. The average Bonchev–Trinajstić information content (AvgIpc) is 2.97. The molecule has 0 atom stereocenters. The van der Waals surface area contributed by atoms with Crippen LogP contribution < -0.4 is 5.32 Å². The van der Waals surface area contributed by atoms with Gasteiger partial charge in [-0.05, 0) is 41.1 Å². The van der Waals surface area contributed by atoms with Gasteiger partial charge in [0, 0.05) is 17.1 Å². The van der Waals surface area contributed by atoms with Crippen LogP contribution in [0.5, 0.6) is 0 Å². The number of carbonyl (C=O) groups excluding carboxylic acids is 1. The lowest BCUT2D eigenvalue weighted by molar-refractivity contribution is 0.102. The van der Waals surface area contributed by atoms with E-state index >= 15 is 0 Å². The number of halogens is 1. The molecule has 0 aliphatic carbocycles. The summed E-state index contributed by atoms with van der Waals surface area (Å²) in [6, 6.07) is 19.2. The van der Waals surface area contributed by atoms with Gasteiger partial charge in [0.15, 0.2) is 5.65 Å². The molecule has 0 saturated heterocycles. The number of carbonyl (C=O) groups is 1. The molecule has 0 spiro atoms. The second-order valence-electron chi connectivity index (χ2n) is 6.26. The third-order valence-electron chi connectivity index (χ3n) is 4.40. The van der Waals surface area contributed by atoms with Crippen LogP contribution in [0.4, 0.5) is 5.69 Å². The Morgan fingerprint density at radius 1 is 1.07 bits per heavy atom. The van der Waals surface area contributed by atoms with Gasteiger partial charge in [-0.1, -0.05) is 42.5 Å². The van der Waals surface area contributed by atoms with Crippen molar-refractivity contribution in [3.8, 4) is 11.3 Å². The number of hydrogen-bond donors (Lipinski definition) is 1. The summed E-state index contributed by atoms with van der Waals surface area (Å²) in [5.74, 6) is -0.192. The maximum atomic E-state index is 13.1. The van der Waals surface area contributed by atoms with Crippen molar-refractivity contribution in [3.05, 3.63) is 76.4 Å². The minimum absolute atomic E-state index is 0.192. The fourth-order valence-electron chi connectivity index (χ4n) is 3.13. The van der Waals surface area contributed by atoms with Crippen molar-refractivity contribution < 1.29 is 4.79 Å². The molecular formula is C21H17BrN4O. The van der Waals surface area contributed by atoms with Gasteiger partial charge in [0.2, 0.25) is 0 Å². The Morgan fingerprint density at radius 3 is 2.52 bits per heavy atom. The topological polar surface area (TPSA) is 59.8 Å². The highest BCUT2D eigenvalue weighted by molar-refractivity contribution is 9.10. The van der Waals surface area contributed by atoms with Crippen LogP contribution >= 0.6 is 15.9 Å². The highest BCUT2D eigenvalue weighted by Gasteiger charge is 2.19. The first-order chi connectivity index (χ1) is 13.0. The van der Waals surface area contributed by atoms with Crippen molar-refractivity contribution in [3.63, 3.8) is 0 Å². The number of amides is 1. The van der Waals surface area contributed by atoms with E-state index < -0.39 is 0 Å². The Bertz CT molecular complexity index is 1150. The van der Waals surface area contributed by atoms with Crippen LogP contribution in [-0.2, 0) is 7.05 Å². The molecule has 4 rings (SSSR count). The zero-order valence-corrected chi connectivity index (χ0v) is 16.5. The van der Waals surface area contributed by atoms with Crippen LogP contribution in [0.3, 0.4) is 0 Å². The summed E-state index contributed by atoms with van der Waals surface area (Å²) < 4.78 is 2.54. The minimum atomic E-state index is -0.192. The Morgan fingerprint density at radius 2 is 1.78 bits per heavy atom. The lowest BCUT2D eigenvalue weighted by Gasteiger charge is -2.10. The molecule has 1 N–H and O–H groups in total. The Balaban J connectivity index is 1.88. The van der Waals surface area contributed by atoms with Gasteiger partial charge < -0.3 is 5.32 Å². The number of pyridine rings is 1. The first kappa shape index (κ1) is 17.4. The van der Waals surface area contributed by atoms with Crippen molar-refractivity contribution in [2.45, 2.75) is 6.92 Å². The summed E-state index contributed by atoms with van der Waals surface area (Å²) >= 11 is 3.47. The van der Waals surface area contributed by atoms with Gasteiger partial charge in [0.1, 0.15) is 0 Å². The van der Waals surface area contributed by atoms with Crippen LogP contribution in [0.15, 0.2) is 65.1 Å². The van der Waals surface area contributed by atoms with E-state index in [2.05, 4.69) is 26.3 Å². The van der Waals surface area contributed by atoms with Crippen LogP contribution in [0.1, 0.15) is 16.1 Å². The fourth-order valence-corrected chi connectivity index (χ4v) is 3.52. The monoisotopic (exact) mass is 420 g/mol. The Labute approximate surface area is 165 Å². The quantitative estimate of drug-likeness (QED) is 0.509. The van der Waals surface area contributed by atoms with Crippen LogP contribution in [0.25, 0.3) is 22.3 Å². The van der Waals surface area contributed by atoms with E-state index in [1.54, 1.807) is 4.68 Å². The molecule has 2 heterocycles. The number of rotatable bonds is 3. The Hall–Kier alpha value is -2.99. The molecule has 5 nitrogen and oxygen atoms in total. The smallest absolute Gasteiger partial charge is 0.256 e. The molecule has 0 radical (unpaired) electrons. The van der Waals surface area contributed by atoms with Gasteiger partial charge in [-0.15, -0.1) is 0 Å². The Kier molecular flexibility index (Phi) is 4.49. The summed E-state index contributed by atoms with van der Waals surface area (Å²) in [6.45, 7) is 1.89. The maximum absolute atomic E-state index is 13.1. The minimum Gasteiger partial charge on any atom is -0.321 e. The number of anilines is 1. The molecule has 27 heavy (non-hydrogen) atoms. The van der Waals surface area contributed by atoms with E-state index in [4.69, 9.17) is 4.98 Å². The number of fused-ring (bicyclic) bond motifs is 1. The zero-order valence-electron chi connectivity index (χ0n) is 14.9. The number of para-hydroxylation sites is 1. The molecule has 6 heteroatoms. The average molecular weight is 421 g/mol. The van der Waals surface area contributed by atoms with Crippen LogP contribution in [0, 0.1) is 6.92 Å². The van der Waals surface area contributed by atoms with Crippen molar-refractivity contribution in [1.82, 2.24) is 14.8 Å². The molecular weight excluding hydrogens is 404 g/mol. The fraction of sp³-hybridized carbons (Fsp3) is 0.0952. The molecule has 0 fully saturated rings. The highest BCUT2D eigenvalue weighted by Crippen LogP contribution is 2.28. The molecule has 0 bridgehead atoms. The number of hydrogen-bond acceptors (Lipinski definition) is 3. The van der Waals surface area contributed by atoms with E-state index in [1.807, 2.05) is 74.6 Å². The van der Waals surface area contributed by atoms with Crippen LogP contribution in [0.2, 0.25) is 0 Å².